The first-order valence-corrected chi connectivity index (χ1v) is 6.45. The zero-order valence-corrected chi connectivity index (χ0v) is 11.5. The molecule has 0 amide bonds. The maximum absolute atomic E-state index is 12.0. The third-order valence-electron chi connectivity index (χ3n) is 2.71. The largest absolute Gasteiger partial charge is 0.484 e. The van der Waals surface area contributed by atoms with E-state index < -0.39 is 18.8 Å². The summed E-state index contributed by atoms with van der Waals surface area (Å²) in [5.74, 6) is -0.511. The molecule has 0 aliphatic carbocycles. The summed E-state index contributed by atoms with van der Waals surface area (Å²) in [7, 11) is 0. The van der Waals surface area contributed by atoms with Gasteiger partial charge in [-0.3, -0.25) is 0 Å². The van der Waals surface area contributed by atoms with E-state index >= 15 is 0 Å². The molecule has 0 saturated carbocycles. The first kappa shape index (κ1) is 15.9. The van der Waals surface area contributed by atoms with Gasteiger partial charge in [-0.05, 0) is 29.8 Å². The topological polar surface area (TPSA) is 35.5 Å². The van der Waals surface area contributed by atoms with Crippen molar-refractivity contribution in [1.29, 1.82) is 0 Å². The summed E-state index contributed by atoms with van der Waals surface area (Å²) >= 11 is 0. The number of carbonyl (C=O) groups is 1. The summed E-state index contributed by atoms with van der Waals surface area (Å²) in [5, 5.41) is 0. The summed E-state index contributed by atoms with van der Waals surface area (Å²) in [6, 6.07) is 14.5. The van der Waals surface area contributed by atoms with Gasteiger partial charge in [-0.15, -0.1) is 0 Å². The molecule has 0 heterocycles. The number of halogens is 3. The summed E-state index contributed by atoms with van der Waals surface area (Å²) in [6.45, 7) is -1.24. The Labute approximate surface area is 125 Å². The van der Waals surface area contributed by atoms with Gasteiger partial charge < -0.3 is 9.47 Å². The second-order valence-electron chi connectivity index (χ2n) is 4.49. The molecule has 116 valence electrons. The Balaban J connectivity index is 1.88. The monoisotopic (exact) mass is 310 g/mol. The molecule has 0 atom stereocenters. The molecule has 0 aliphatic rings. The number of carbonyl (C=O) groups excluding carboxylic acids is 1. The van der Waals surface area contributed by atoms with Crippen molar-refractivity contribution in [3.05, 3.63) is 65.7 Å². The molecule has 0 unspecified atom stereocenters. The van der Waals surface area contributed by atoms with Gasteiger partial charge in [0.15, 0.2) is 6.61 Å². The van der Waals surface area contributed by atoms with Crippen LogP contribution in [0.4, 0.5) is 13.2 Å². The van der Waals surface area contributed by atoms with E-state index in [4.69, 9.17) is 4.74 Å². The lowest BCUT2D eigenvalue weighted by Gasteiger charge is -2.09. The first-order chi connectivity index (χ1) is 10.4. The number of alkyl halides is 3. The highest BCUT2D eigenvalue weighted by Crippen LogP contribution is 2.19. The summed E-state index contributed by atoms with van der Waals surface area (Å²) in [6.07, 6.45) is -4.40. The van der Waals surface area contributed by atoms with Crippen molar-refractivity contribution in [3.8, 4) is 5.75 Å². The molecule has 0 aromatic heterocycles. The Kier molecular flexibility index (Phi) is 5.04. The molecule has 0 N–H and O–H groups in total. The molecule has 0 bridgehead atoms. The number of benzene rings is 2. The molecule has 2 aromatic rings. The van der Waals surface area contributed by atoms with Crippen LogP contribution in [0.2, 0.25) is 0 Å². The zero-order valence-electron chi connectivity index (χ0n) is 11.5. The van der Waals surface area contributed by atoms with Gasteiger partial charge in [0.05, 0.1) is 5.56 Å². The molecule has 6 heteroatoms. The van der Waals surface area contributed by atoms with Gasteiger partial charge in [-0.25, -0.2) is 4.79 Å². The molecule has 0 saturated heterocycles. The van der Waals surface area contributed by atoms with Gasteiger partial charge in [0.2, 0.25) is 0 Å². The summed E-state index contributed by atoms with van der Waals surface area (Å²) in [4.78, 5) is 11.8. The molecule has 2 aromatic carbocycles. The van der Waals surface area contributed by atoms with E-state index in [0.29, 0.717) is 0 Å². The molecule has 0 spiro atoms. The van der Waals surface area contributed by atoms with Crippen molar-refractivity contribution in [2.75, 3.05) is 6.61 Å². The Hall–Kier alpha value is -2.50. The molecule has 3 nitrogen and oxygen atoms in total. The average molecular weight is 310 g/mol. The van der Waals surface area contributed by atoms with Crippen LogP contribution in [0.5, 0.6) is 5.75 Å². The number of esters is 1. The van der Waals surface area contributed by atoms with E-state index in [0.717, 1.165) is 5.56 Å². The van der Waals surface area contributed by atoms with Crippen molar-refractivity contribution in [2.24, 2.45) is 0 Å². The quantitative estimate of drug-likeness (QED) is 0.784. The van der Waals surface area contributed by atoms with Crippen LogP contribution in [0.25, 0.3) is 0 Å². The number of rotatable bonds is 5. The highest BCUT2D eigenvalue weighted by molar-refractivity contribution is 5.89. The second kappa shape index (κ2) is 6.98. The van der Waals surface area contributed by atoms with Crippen LogP contribution in [0.15, 0.2) is 54.6 Å². The maximum atomic E-state index is 12.0. The van der Waals surface area contributed by atoms with E-state index in [2.05, 4.69) is 4.74 Å². The van der Waals surface area contributed by atoms with Gasteiger partial charge in [0.1, 0.15) is 12.4 Å². The van der Waals surface area contributed by atoms with Gasteiger partial charge in [-0.2, -0.15) is 13.2 Å². The highest BCUT2D eigenvalue weighted by atomic mass is 19.4. The maximum Gasteiger partial charge on any atom is 0.422 e. The van der Waals surface area contributed by atoms with Crippen LogP contribution in [-0.2, 0) is 11.3 Å². The van der Waals surface area contributed by atoms with Gasteiger partial charge in [0.25, 0.3) is 0 Å². The standard InChI is InChI=1S/C16H13F3O3/c17-16(18,19)11-22-14-8-6-13(7-9-14)15(20)21-10-12-4-2-1-3-5-12/h1-9H,10-11H2. The fourth-order valence-electron chi connectivity index (χ4n) is 1.66. The van der Waals surface area contributed by atoms with Gasteiger partial charge >= 0.3 is 12.1 Å². The smallest absolute Gasteiger partial charge is 0.422 e. The van der Waals surface area contributed by atoms with Gasteiger partial charge in [-0.1, -0.05) is 30.3 Å². The number of hydrogen-bond acceptors (Lipinski definition) is 3. The van der Waals surface area contributed by atoms with E-state index in [1.54, 1.807) is 0 Å². The zero-order chi connectivity index (χ0) is 16.0. The normalized spacial score (nSPS) is 11.0. The Bertz CT molecular complexity index is 607. The SMILES string of the molecule is O=C(OCc1ccccc1)c1ccc(OCC(F)(F)F)cc1. The van der Waals surface area contributed by atoms with Crippen LogP contribution in [0, 0.1) is 0 Å². The minimum Gasteiger partial charge on any atom is -0.484 e. The number of hydrogen-bond donors (Lipinski definition) is 0. The Morgan fingerprint density at radius 1 is 0.955 bits per heavy atom. The van der Waals surface area contributed by atoms with E-state index in [-0.39, 0.29) is 17.9 Å². The van der Waals surface area contributed by atoms with Crippen molar-refractivity contribution in [1.82, 2.24) is 0 Å². The Morgan fingerprint density at radius 3 is 2.18 bits per heavy atom. The third kappa shape index (κ3) is 5.12. The van der Waals surface area contributed by atoms with Gasteiger partial charge in [0, 0.05) is 0 Å². The average Bonchev–Trinajstić information content (AvgIpc) is 2.51. The molecule has 22 heavy (non-hydrogen) atoms. The minimum atomic E-state index is -4.40. The fraction of sp³-hybridized carbons (Fsp3) is 0.188. The van der Waals surface area contributed by atoms with Crippen molar-refractivity contribution < 1.29 is 27.4 Å². The fourth-order valence-corrected chi connectivity index (χ4v) is 1.66. The molecule has 0 fully saturated rings. The van der Waals surface area contributed by atoms with Crippen molar-refractivity contribution in [3.63, 3.8) is 0 Å². The van der Waals surface area contributed by atoms with Crippen LogP contribution < -0.4 is 4.74 Å². The predicted octanol–water partition coefficient (Wildman–Crippen LogP) is 3.98. The lowest BCUT2D eigenvalue weighted by molar-refractivity contribution is -0.153. The molecule has 2 rings (SSSR count). The van der Waals surface area contributed by atoms with Crippen LogP contribution in [0.3, 0.4) is 0 Å². The molecule has 0 radical (unpaired) electrons. The van der Waals surface area contributed by atoms with Crippen molar-refractivity contribution in [2.45, 2.75) is 12.8 Å². The van der Waals surface area contributed by atoms with E-state index in [9.17, 15) is 18.0 Å². The van der Waals surface area contributed by atoms with E-state index in [1.807, 2.05) is 30.3 Å². The van der Waals surface area contributed by atoms with Crippen molar-refractivity contribution >= 4 is 5.97 Å². The summed E-state index contributed by atoms with van der Waals surface area (Å²) < 4.78 is 45.7. The van der Waals surface area contributed by atoms with Crippen LogP contribution in [-0.4, -0.2) is 18.8 Å². The number of ether oxygens (including phenoxy) is 2. The summed E-state index contributed by atoms with van der Waals surface area (Å²) in [5.41, 5.74) is 1.09. The van der Waals surface area contributed by atoms with E-state index in [1.165, 1.54) is 24.3 Å². The predicted molar refractivity (Wildman–Crippen MR) is 73.6 cm³/mol. The lowest BCUT2D eigenvalue weighted by atomic mass is 10.2. The minimum absolute atomic E-state index is 0.0388. The molecular weight excluding hydrogens is 297 g/mol. The Morgan fingerprint density at radius 2 is 1.59 bits per heavy atom. The molecule has 0 aliphatic heterocycles. The molecular formula is C16H13F3O3. The second-order valence-corrected chi connectivity index (χ2v) is 4.49. The van der Waals surface area contributed by atoms with Crippen LogP contribution in [0.1, 0.15) is 15.9 Å². The van der Waals surface area contributed by atoms with Crippen LogP contribution >= 0.6 is 0 Å². The third-order valence-corrected chi connectivity index (χ3v) is 2.71. The first-order valence-electron chi connectivity index (χ1n) is 6.45. The highest BCUT2D eigenvalue weighted by Gasteiger charge is 2.28. The lowest BCUT2D eigenvalue weighted by Crippen LogP contribution is -2.19.